The van der Waals surface area contributed by atoms with Crippen LogP contribution in [0.3, 0.4) is 0 Å². The highest BCUT2D eigenvalue weighted by Crippen LogP contribution is 2.17. The van der Waals surface area contributed by atoms with E-state index in [0.717, 1.165) is 23.2 Å². The Morgan fingerprint density at radius 3 is 2.31 bits per heavy atom. The Balaban J connectivity index is 1.87. The molecule has 1 aliphatic heterocycles. The number of hydrogen-bond acceptors (Lipinski definition) is 4. The number of allylic oxidation sites excluding steroid dienone is 1. The summed E-state index contributed by atoms with van der Waals surface area (Å²) in [4.78, 5) is 27.3. The largest absolute Gasteiger partial charge is 0.351 e. The molecule has 134 valence electrons. The van der Waals surface area contributed by atoms with E-state index in [1.807, 2.05) is 30.3 Å². The van der Waals surface area contributed by atoms with E-state index in [4.69, 9.17) is 0 Å². The second-order valence-corrected chi connectivity index (χ2v) is 6.88. The molecule has 5 nitrogen and oxygen atoms in total. The van der Waals surface area contributed by atoms with Gasteiger partial charge >= 0.3 is 0 Å². The highest BCUT2D eigenvalue weighted by atomic mass is 79.9. The molecule has 1 heterocycles. The number of nitrogens with one attached hydrogen (secondary N) is 2. The topological polar surface area (TPSA) is 61.4 Å². The van der Waals surface area contributed by atoms with Gasteiger partial charge in [0.1, 0.15) is 5.70 Å². The summed E-state index contributed by atoms with van der Waals surface area (Å²) >= 11 is 3.40. The summed E-state index contributed by atoms with van der Waals surface area (Å²) in [6, 6.07) is 16.4. The summed E-state index contributed by atoms with van der Waals surface area (Å²) in [6.45, 7) is 2.75. The third-order valence-electron chi connectivity index (χ3n) is 4.09. The third-order valence-corrected chi connectivity index (χ3v) is 4.62. The standard InChI is InChI=1S/C20H20BrN3O2/c21-16-6-8-17(9-7-16)23-18(20(26)24-12-10-22-11-13-24)14-19(25)15-4-2-1-3-5-15/h1-9,14,22-23H,10-13H2. The predicted molar refractivity (Wildman–Crippen MR) is 106 cm³/mol. The number of carbonyl (C=O) groups is 2. The molecule has 3 rings (SSSR count). The Labute approximate surface area is 161 Å². The van der Waals surface area contributed by atoms with E-state index in [1.54, 1.807) is 29.2 Å². The van der Waals surface area contributed by atoms with Gasteiger partial charge < -0.3 is 15.5 Å². The van der Waals surface area contributed by atoms with Crippen molar-refractivity contribution in [2.45, 2.75) is 0 Å². The molecule has 2 aromatic carbocycles. The van der Waals surface area contributed by atoms with E-state index >= 15 is 0 Å². The molecule has 0 aromatic heterocycles. The fourth-order valence-electron chi connectivity index (χ4n) is 2.70. The van der Waals surface area contributed by atoms with Crippen molar-refractivity contribution in [1.82, 2.24) is 10.2 Å². The van der Waals surface area contributed by atoms with Gasteiger partial charge in [0.2, 0.25) is 0 Å². The second-order valence-electron chi connectivity index (χ2n) is 5.96. The number of nitrogens with zero attached hydrogens (tertiary/aromatic N) is 1. The van der Waals surface area contributed by atoms with Gasteiger partial charge in [-0.25, -0.2) is 0 Å². The van der Waals surface area contributed by atoms with Gasteiger partial charge in [0, 0.05) is 48.0 Å². The number of benzene rings is 2. The smallest absolute Gasteiger partial charge is 0.270 e. The number of piperazine rings is 1. The zero-order valence-corrected chi connectivity index (χ0v) is 15.8. The van der Waals surface area contributed by atoms with Crippen LogP contribution >= 0.6 is 15.9 Å². The van der Waals surface area contributed by atoms with Gasteiger partial charge in [-0.15, -0.1) is 0 Å². The summed E-state index contributed by atoms with van der Waals surface area (Å²) in [5, 5.41) is 6.34. The first kappa shape index (κ1) is 18.4. The van der Waals surface area contributed by atoms with E-state index in [1.165, 1.54) is 6.08 Å². The van der Waals surface area contributed by atoms with Crippen molar-refractivity contribution in [2.75, 3.05) is 31.5 Å². The lowest BCUT2D eigenvalue weighted by atomic mass is 10.1. The molecule has 1 aliphatic rings. The highest BCUT2D eigenvalue weighted by Gasteiger charge is 2.21. The number of rotatable bonds is 5. The predicted octanol–water partition coefficient (Wildman–Crippen LogP) is 3.06. The normalized spacial score (nSPS) is 14.8. The minimum atomic E-state index is -0.200. The van der Waals surface area contributed by atoms with Crippen LogP contribution in [0.1, 0.15) is 10.4 Å². The molecular weight excluding hydrogens is 394 g/mol. The van der Waals surface area contributed by atoms with Crippen molar-refractivity contribution in [1.29, 1.82) is 0 Å². The van der Waals surface area contributed by atoms with Gasteiger partial charge in [-0.05, 0) is 24.3 Å². The van der Waals surface area contributed by atoms with Crippen molar-refractivity contribution in [3.05, 3.63) is 76.4 Å². The van der Waals surface area contributed by atoms with Crippen molar-refractivity contribution >= 4 is 33.3 Å². The third kappa shape index (κ3) is 4.80. The van der Waals surface area contributed by atoms with E-state index < -0.39 is 0 Å². The molecule has 6 heteroatoms. The maximum Gasteiger partial charge on any atom is 0.270 e. The number of halogens is 1. The fraction of sp³-hybridized carbons (Fsp3) is 0.200. The Bertz CT molecular complexity index is 798. The molecule has 26 heavy (non-hydrogen) atoms. The zero-order chi connectivity index (χ0) is 18.4. The van der Waals surface area contributed by atoms with Crippen LogP contribution in [0.5, 0.6) is 0 Å². The van der Waals surface area contributed by atoms with Crippen LogP contribution in [-0.4, -0.2) is 42.8 Å². The van der Waals surface area contributed by atoms with Crippen LogP contribution in [0, 0.1) is 0 Å². The molecular formula is C20H20BrN3O2. The first-order valence-electron chi connectivity index (χ1n) is 8.47. The van der Waals surface area contributed by atoms with Gasteiger partial charge in [-0.2, -0.15) is 0 Å². The van der Waals surface area contributed by atoms with Crippen LogP contribution in [0.25, 0.3) is 0 Å². The van der Waals surface area contributed by atoms with Crippen molar-refractivity contribution in [3.8, 4) is 0 Å². The summed E-state index contributed by atoms with van der Waals surface area (Å²) in [7, 11) is 0. The Kier molecular flexibility index (Phi) is 6.20. The Morgan fingerprint density at radius 1 is 1.00 bits per heavy atom. The number of amides is 1. The van der Waals surface area contributed by atoms with Crippen LogP contribution in [-0.2, 0) is 4.79 Å². The number of hydrogen-bond donors (Lipinski definition) is 2. The number of anilines is 1. The molecule has 1 amide bonds. The Hall–Kier alpha value is -2.44. The summed E-state index contributed by atoms with van der Waals surface area (Å²) in [5.41, 5.74) is 1.59. The average molecular weight is 414 g/mol. The van der Waals surface area contributed by atoms with Gasteiger partial charge in [0.25, 0.3) is 5.91 Å². The maximum absolute atomic E-state index is 12.9. The van der Waals surface area contributed by atoms with E-state index in [9.17, 15) is 9.59 Å². The summed E-state index contributed by atoms with van der Waals surface area (Å²) in [6.07, 6.45) is 1.39. The molecule has 0 atom stereocenters. The fourth-order valence-corrected chi connectivity index (χ4v) is 2.96. The molecule has 1 fully saturated rings. The van der Waals surface area contributed by atoms with Crippen LogP contribution in [0.2, 0.25) is 0 Å². The molecule has 0 unspecified atom stereocenters. The molecule has 0 radical (unpaired) electrons. The quantitative estimate of drug-likeness (QED) is 0.583. The molecule has 2 aromatic rings. The highest BCUT2D eigenvalue weighted by molar-refractivity contribution is 9.10. The zero-order valence-electron chi connectivity index (χ0n) is 14.2. The molecule has 0 bridgehead atoms. The Morgan fingerprint density at radius 2 is 1.65 bits per heavy atom. The van der Waals surface area contributed by atoms with Gasteiger partial charge in [0.05, 0.1) is 0 Å². The molecule has 1 saturated heterocycles. The second kappa shape index (κ2) is 8.78. The lowest BCUT2D eigenvalue weighted by Crippen LogP contribution is -2.47. The van der Waals surface area contributed by atoms with Crippen molar-refractivity contribution in [3.63, 3.8) is 0 Å². The van der Waals surface area contributed by atoms with Crippen molar-refractivity contribution < 1.29 is 9.59 Å². The average Bonchev–Trinajstić information content (AvgIpc) is 2.70. The molecule has 2 N–H and O–H groups in total. The van der Waals surface area contributed by atoms with Crippen LogP contribution in [0.15, 0.2) is 70.8 Å². The first-order valence-corrected chi connectivity index (χ1v) is 9.26. The SMILES string of the molecule is O=C(C=C(Nc1ccc(Br)cc1)C(=O)N1CCNCC1)c1ccccc1. The van der Waals surface area contributed by atoms with Crippen molar-refractivity contribution in [2.24, 2.45) is 0 Å². The minimum absolute atomic E-state index is 0.168. The minimum Gasteiger partial charge on any atom is -0.351 e. The van der Waals surface area contributed by atoms with Gasteiger partial charge in [-0.1, -0.05) is 46.3 Å². The van der Waals surface area contributed by atoms with Crippen LogP contribution < -0.4 is 10.6 Å². The lowest BCUT2D eigenvalue weighted by Gasteiger charge is -2.28. The number of carbonyl (C=O) groups excluding carboxylic acids is 2. The first-order chi connectivity index (χ1) is 12.6. The maximum atomic E-state index is 12.9. The molecule has 0 saturated carbocycles. The van der Waals surface area contributed by atoms with E-state index in [0.29, 0.717) is 18.7 Å². The van der Waals surface area contributed by atoms with E-state index in [-0.39, 0.29) is 17.4 Å². The monoisotopic (exact) mass is 413 g/mol. The lowest BCUT2D eigenvalue weighted by molar-refractivity contribution is -0.127. The van der Waals surface area contributed by atoms with E-state index in [2.05, 4.69) is 26.6 Å². The van der Waals surface area contributed by atoms with Gasteiger partial charge in [-0.3, -0.25) is 9.59 Å². The summed E-state index contributed by atoms with van der Waals surface area (Å²) < 4.78 is 0.947. The van der Waals surface area contributed by atoms with Crippen LogP contribution in [0.4, 0.5) is 5.69 Å². The molecule has 0 spiro atoms. The van der Waals surface area contributed by atoms with Gasteiger partial charge in [0.15, 0.2) is 5.78 Å². The summed E-state index contributed by atoms with van der Waals surface area (Å²) in [5.74, 6) is -0.368. The number of ketones is 1. The molecule has 0 aliphatic carbocycles.